The summed E-state index contributed by atoms with van der Waals surface area (Å²) in [6.07, 6.45) is 1.33. The van der Waals surface area contributed by atoms with E-state index in [1.54, 1.807) is 6.07 Å². The first-order valence-corrected chi connectivity index (χ1v) is 11.1. The third-order valence-corrected chi connectivity index (χ3v) is 6.54. The number of benzene rings is 2. The largest absolute Gasteiger partial charge is 0.454 e. The summed E-state index contributed by atoms with van der Waals surface area (Å²) in [6, 6.07) is 9.77. The molecule has 2 aromatic carbocycles. The molecular weight excluding hydrogens is 473 g/mol. The number of esters is 1. The predicted octanol–water partition coefficient (Wildman–Crippen LogP) is 3.34. The number of nitrogens with zero attached hydrogens (tertiary/aromatic N) is 2. The van der Waals surface area contributed by atoms with Crippen molar-refractivity contribution in [1.29, 1.82) is 5.26 Å². The standard InChI is InChI=1S/C22H19ClFN3O5S/c1-3-10-27(17-7-5-16(24)6-8-17)33(30,31)21-11-15(4-9-19(21)23)22(29)32-13-20(28)18(12-25)14(2)26/h3-9,11H,1,10,13,26H2,2H3/b18-14-. The number of carbonyl (C=O) groups excluding carboxylic acids is 2. The Hall–Kier alpha value is -3.68. The molecule has 2 N–H and O–H groups in total. The quantitative estimate of drug-likeness (QED) is 0.246. The van der Waals surface area contributed by atoms with Crippen molar-refractivity contribution in [3.8, 4) is 6.07 Å². The minimum absolute atomic E-state index is 0.0264. The molecule has 0 aliphatic rings. The molecule has 0 bridgehead atoms. The van der Waals surface area contributed by atoms with Gasteiger partial charge in [-0.05, 0) is 49.4 Å². The summed E-state index contributed by atoms with van der Waals surface area (Å²) in [5, 5.41) is 8.77. The van der Waals surface area contributed by atoms with Crippen molar-refractivity contribution in [2.24, 2.45) is 5.73 Å². The summed E-state index contributed by atoms with van der Waals surface area (Å²) in [5.41, 5.74) is 5.02. The molecule has 0 aromatic heterocycles. The van der Waals surface area contributed by atoms with E-state index in [1.807, 2.05) is 0 Å². The van der Waals surface area contributed by atoms with Crippen LogP contribution in [-0.4, -0.2) is 33.3 Å². The molecule has 0 heterocycles. The molecule has 2 aromatic rings. The molecule has 8 nitrogen and oxygen atoms in total. The molecule has 172 valence electrons. The van der Waals surface area contributed by atoms with Crippen molar-refractivity contribution in [3.63, 3.8) is 0 Å². The highest BCUT2D eigenvalue weighted by molar-refractivity contribution is 7.93. The number of ether oxygens (including phenoxy) is 1. The SMILES string of the molecule is C=CCN(c1ccc(F)cc1)S(=O)(=O)c1cc(C(=O)OCC(=O)/C(C#N)=C(/C)N)ccc1Cl. The van der Waals surface area contributed by atoms with Gasteiger partial charge in [0, 0.05) is 5.70 Å². The van der Waals surface area contributed by atoms with Crippen LogP contribution in [0.2, 0.25) is 5.02 Å². The number of Topliss-reactive ketones (excluding diaryl/α,β-unsaturated/α-hetero) is 1. The number of sulfonamides is 1. The van der Waals surface area contributed by atoms with E-state index in [0.29, 0.717) is 0 Å². The fourth-order valence-electron chi connectivity index (χ4n) is 2.67. The number of nitrogens with two attached hydrogens (primary N) is 1. The van der Waals surface area contributed by atoms with Crippen LogP contribution in [0.3, 0.4) is 0 Å². The second-order valence-corrected chi connectivity index (χ2v) is 8.85. The van der Waals surface area contributed by atoms with Crippen LogP contribution in [0.5, 0.6) is 0 Å². The zero-order chi connectivity index (χ0) is 24.8. The van der Waals surface area contributed by atoms with E-state index in [-0.39, 0.29) is 34.1 Å². The van der Waals surface area contributed by atoms with Crippen LogP contribution < -0.4 is 10.0 Å². The zero-order valence-corrected chi connectivity index (χ0v) is 19.0. The molecule has 0 atom stereocenters. The summed E-state index contributed by atoms with van der Waals surface area (Å²) >= 11 is 6.11. The zero-order valence-electron chi connectivity index (χ0n) is 17.4. The van der Waals surface area contributed by atoms with Gasteiger partial charge in [0.2, 0.25) is 5.78 Å². The fraction of sp³-hybridized carbons (Fsp3) is 0.136. The van der Waals surface area contributed by atoms with Gasteiger partial charge in [0.1, 0.15) is 22.4 Å². The van der Waals surface area contributed by atoms with Crippen molar-refractivity contribution < 1.29 is 27.1 Å². The third-order valence-electron chi connectivity index (χ3n) is 4.26. The lowest BCUT2D eigenvalue weighted by atomic mass is 10.1. The molecule has 0 amide bonds. The Morgan fingerprint density at radius 1 is 1.27 bits per heavy atom. The van der Waals surface area contributed by atoms with Gasteiger partial charge in [-0.25, -0.2) is 17.6 Å². The van der Waals surface area contributed by atoms with Crippen LogP contribution in [0.4, 0.5) is 10.1 Å². The summed E-state index contributed by atoms with van der Waals surface area (Å²) in [5.74, 6) is -2.37. The molecule has 0 fully saturated rings. The number of anilines is 1. The van der Waals surface area contributed by atoms with Crippen molar-refractivity contribution >= 4 is 39.1 Å². The maximum Gasteiger partial charge on any atom is 0.338 e. The van der Waals surface area contributed by atoms with Crippen molar-refractivity contribution in [3.05, 3.63) is 82.8 Å². The number of halogens is 2. The number of allylic oxidation sites excluding steroid dienone is 1. The Balaban J connectivity index is 2.38. The first kappa shape index (κ1) is 25.6. The highest BCUT2D eigenvalue weighted by Crippen LogP contribution is 2.30. The van der Waals surface area contributed by atoms with Gasteiger partial charge in [0.15, 0.2) is 6.61 Å². The number of rotatable bonds is 9. The first-order chi connectivity index (χ1) is 15.5. The Labute approximate surface area is 195 Å². The minimum atomic E-state index is -4.31. The lowest BCUT2D eigenvalue weighted by Crippen LogP contribution is -2.31. The normalized spacial score (nSPS) is 11.7. The van der Waals surface area contributed by atoms with Gasteiger partial charge in [0.25, 0.3) is 10.0 Å². The Morgan fingerprint density at radius 3 is 2.45 bits per heavy atom. The highest BCUT2D eigenvalue weighted by atomic mass is 35.5. The number of carbonyl (C=O) groups is 2. The van der Waals surface area contributed by atoms with E-state index in [0.717, 1.165) is 22.5 Å². The highest BCUT2D eigenvalue weighted by Gasteiger charge is 2.28. The molecule has 0 radical (unpaired) electrons. The van der Waals surface area contributed by atoms with Crippen LogP contribution >= 0.6 is 11.6 Å². The fourth-order valence-corrected chi connectivity index (χ4v) is 4.61. The molecule has 0 spiro atoms. The Bertz CT molecular complexity index is 1260. The molecule has 0 unspecified atom stereocenters. The van der Waals surface area contributed by atoms with E-state index >= 15 is 0 Å². The van der Waals surface area contributed by atoms with Gasteiger partial charge in [-0.15, -0.1) is 6.58 Å². The van der Waals surface area contributed by atoms with Gasteiger partial charge in [-0.1, -0.05) is 17.7 Å². The van der Waals surface area contributed by atoms with Crippen LogP contribution in [0.25, 0.3) is 0 Å². The lowest BCUT2D eigenvalue weighted by Gasteiger charge is -2.24. The average molecular weight is 492 g/mol. The Kier molecular flexibility index (Phi) is 8.34. The number of hydrogen-bond donors (Lipinski definition) is 1. The van der Waals surface area contributed by atoms with Gasteiger partial charge < -0.3 is 10.5 Å². The van der Waals surface area contributed by atoms with Crippen molar-refractivity contribution in [2.75, 3.05) is 17.5 Å². The molecule has 0 saturated carbocycles. The van der Waals surface area contributed by atoms with Gasteiger partial charge >= 0.3 is 5.97 Å². The van der Waals surface area contributed by atoms with E-state index in [2.05, 4.69) is 6.58 Å². The van der Waals surface area contributed by atoms with Crippen LogP contribution in [-0.2, 0) is 19.6 Å². The predicted molar refractivity (Wildman–Crippen MR) is 120 cm³/mol. The van der Waals surface area contributed by atoms with E-state index < -0.39 is 39.1 Å². The van der Waals surface area contributed by atoms with Crippen LogP contribution in [0.1, 0.15) is 17.3 Å². The summed E-state index contributed by atoms with van der Waals surface area (Å²) < 4.78 is 45.8. The third kappa shape index (κ3) is 5.97. The maximum absolute atomic E-state index is 13.3. The van der Waals surface area contributed by atoms with Crippen molar-refractivity contribution in [2.45, 2.75) is 11.8 Å². The molecular formula is C22H19ClFN3O5S. The molecule has 0 aliphatic heterocycles. The topological polar surface area (TPSA) is 131 Å². The smallest absolute Gasteiger partial charge is 0.338 e. The number of ketones is 1. The second-order valence-electron chi connectivity index (χ2n) is 6.62. The molecule has 33 heavy (non-hydrogen) atoms. The molecule has 11 heteroatoms. The maximum atomic E-state index is 13.3. The van der Waals surface area contributed by atoms with Gasteiger partial charge in [-0.3, -0.25) is 9.10 Å². The molecule has 0 saturated heterocycles. The summed E-state index contributed by atoms with van der Waals surface area (Å²) in [4.78, 5) is 24.0. The van der Waals surface area contributed by atoms with E-state index in [4.69, 9.17) is 27.3 Å². The first-order valence-electron chi connectivity index (χ1n) is 9.28. The second kappa shape index (κ2) is 10.8. The van der Waals surface area contributed by atoms with Crippen LogP contribution in [0.15, 0.2) is 71.3 Å². The molecule has 2 rings (SSSR count). The van der Waals surface area contributed by atoms with Crippen molar-refractivity contribution in [1.82, 2.24) is 0 Å². The minimum Gasteiger partial charge on any atom is -0.454 e. The Morgan fingerprint density at radius 2 is 1.91 bits per heavy atom. The van der Waals surface area contributed by atoms with Crippen LogP contribution in [0, 0.1) is 17.1 Å². The van der Waals surface area contributed by atoms with E-state index in [9.17, 15) is 22.4 Å². The average Bonchev–Trinajstić information content (AvgIpc) is 2.77. The number of nitriles is 1. The van der Waals surface area contributed by atoms with Gasteiger partial charge in [-0.2, -0.15) is 5.26 Å². The summed E-state index contributed by atoms with van der Waals surface area (Å²) in [7, 11) is -4.31. The van der Waals surface area contributed by atoms with E-state index in [1.165, 1.54) is 37.3 Å². The number of hydrogen-bond acceptors (Lipinski definition) is 7. The summed E-state index contributed by atoms with van der Waals surface area (Å²) in [6.45, 7) is 3.97. The molecule has 0 aliphatic carbocycles. The lowest BCUT2D eigenvalue weighted by molar-refractivity contribution is -0.118. The van der Waals surface area contributed by atoms with Gasteiger partial charge in [0.05, 0.1) is 22.8 Å². The monoisotopic (exact) mass is 491 g/mol.